The number of fused-ring (bicyclic) bond motifs is 1. The van der Waals surface area contributed by atoms with Gasteiger partial charge >= 0.3 is 0 Å². The van der Waals surface area contributed by atoms with Gasteiger partial charge in [0.2, 0.25) is 11.8 Å². The van der Waals surface area contributed by atoms with Crippen LogP contribution in [0, 0.1) is 23.6 Å². The SMILES string of the molecule is CCC.NC(C(=O)N1CCC(CC2CCN(CC(=O)N3CCN(C(=O)c4cc(Cc5n[nH]c(=O)c6ccccc56)ccc4F)CC3)CC2)CC1)C1CCCCC1. The fourth-order valence-electron chi connectivity index (χ4n) is 9.11. The molecule has 4 heterocycles. The zero-order valence-corrected chi connectivity index (χ0v) is 33.5. The molecule has 1 aromatic heterocycles. The van der Waals surface area contributed by atoms with E-state index in [9.17, 15) is 23.6 Å². The van der Waals surface area contributed by atoms with E-state index in [1.807, 2.05) is 21.9 Å². The maximum atomic E-state index is 15.0. The summed E-state index contributed by atoms with van der Waals surface area (Å²) in [6, 6.07) is 11.4. The summed E-state index contributed by atoms with van der Waals surface area (Å²) in [5, 5.41) is 8.00. The van der Waals surface area contributed by atoms with Crippen molar-refractivity contribution in [3.8, 4) is 0 Å². The maximum absolute atomic E-state index is 15.0. The van der Waals surface area contributed by atoms with Crippen LogP contribution in [0.3, 0.4) is 0 Å². The van der Waals surface area contributed by atoms with Crippen molar-refractivity contribution >= 4 is 28.5 Å². The Hall–Kier alpha value is -4.16. The lowest BCUT2D eigenvalue weighted by Gasteiger charge is -2.39. The van der Waals surface area contributed by atoms with Gasteiger partial charge in [-0.15, -0.1) is 0 Å². The Balaban J connectivity index is 0.00000172. The molecule has 0 radical (unpaired) electrons. The molecule has 1 atom stereocenters. The van der Waals surface area contributed by atoms with Crippen molar-refractivity contribution in [3.05, 3.63) is 75.5 Å². The van der Waals surface area contributed by atoms with Crippen LogP contribution in [0.2, 0.25) is 0 Å². The van der Waals surface area contributed by atoms with Gasteiger partial charge < -0.3 is 20.4 Å². The lowest BCUT2D eigenvalue weighted by Crippen LogP contribution is -2.53. The molecule has 4 fully saturated rings. The average Bonchev–Trinajstić information content (AvgIpc) is 3.23. The fraction of sp³-hybridized carbons (Fsp3) is 0.614. The minimum absolute atomic E-state index is 0.00298. The third-order valence-corrected chi connectivity index (χ3v) is 12.4. The summed E-state index contributed by atoms with van der Waals surface area (Å²) in [6.45, 7) is 9.62. The number of halogens is 1. The highest BCUT2D eigenvalue weighted by Crippen LogP contribution is 2.32. The largest absolute Gasteiger partial charge is 0.341 e. The minimum atomic E-state index is -0.588. The highest BCUT2D eigenvalue weighted by Gasteiger charge is 2.33. The molecule has 12 heteroatoms. The summed E-state index contributed by atoms with van der Waals surface area (Å²) in [7, 11) is 0. The molecule has 1 aliphatic carbocycles. The van der Waals surface area contributed by atoms with E-state index >= 15 is 0 Å². The van der Waals surface area contributed by atoms with Gasteiger partial charge in [-0.25, -0.2) is 9.49 Å². The first-order valence-corrected chi connectivity index (χ1v) is 21.2. The summed E-state index contributed by atoms with van der Waals surface area (Å²) < 4.78 is 15.0. The Kier molecular flexibility index (Phi) is 14.7. The predicted molar refractivity (Wildman–Crippen MR) is 218 cm³/mol. The third-order valence-electron chi connectivity index (χ3n) is 12.4. The van der Waals surface area contributed by atoms with Crippen molar-refractivity contribution in [2.45, 2.75) is 96.9 Å². The Labute approximate surface area is 331 Å². The number of carbonyl (C=O) groups excluding carboxylic acids is 3. The van der Waals surface area contributed by atoms with Gasteiger partial charge in [0.05, 0.1) is 29.2 Å². The van der Waals surface area contributed by atoms with Crippen LogP contribution in [0.1, 0.15) is 106 Å². The number of amides is 3. The molecule has 56 heavy (non-hydrogen) atoms. The number of piperazine rings is 1. The molecule has 3 amide bonds. The maximum Gasteiger partial charge on any atom is 0.272 e. The van der Waals surface area contributed by atoms with Crippen LogP contribution in [0.5, 0.6) is 0 Å². The second-order valence-corrected chi connectivity index (χ2v) is 16.6. The Bertz CT molecular complexity index is 1840. The quantitative estimate of drug-likeness (QED) is 0.289. The molecule has 0 spiro atoms. The summed E-state index contributed by atoms with van der Waals surface area (Å²) in [5.74, 6) is 0.903. The number of H-pyrrole nitrogens is 1. The first-order valence-electron chi connectivity index (χ1n) is 21.2. The van der Waals surface area contributed by atoms with Crippen LogP contribution < -0.4 is 11.3 Å². The Morgan fingerprint density at radius 1 is 0.804 bits per heavy atom. The highest BCUT2D eigenvalue weighted by atomic mass is 19.1. The second-order valence-electron chi connectivity index (χ2n) is 16.6. The van der Waals surface area contributed by atoms with Gasteiger partial charge in [-0.3, -0.25) is 24.1 Å². The van der Waals surface area contributed by atoms with Gasteiger partial charge in [-0.2, -0.15) is 5.10 Å². The number of carbonyl (C=O) groups is 3. The van der Waals surface area contributed by atoms with Crippen molar-refractivity contribution in [2.24, 2.45) is 23.5 Å². The standard InChI is InChI=1S/C41H54FN7O4.C3H8/c42-35-11-10-30(26-36-32-8-4-5-9-33(32)39(51)45-44-36)25-34(35)40(52)49-22-20-47(21-23-49)37(50)27-46-16-12-28(13-17-46)24-29-14-18-48(19-15-29)41(53)38(43)31-6-2-1-3-7-31;1-3-2/h4-5,8-11,25,28-29,31,38H,1-3,6-7,12-24,26-27,43H2,(H,45,51);3H2,1-2H3. The van der Waals surface area contributed by atoms with E-state index in [1.54, 1.807) is 29.2 Å². The number of likely N-dealkylation sites (tertiary alicyclic amines) is 2. The fourth-order valence-corrected chi connectivity index (χ4v) is 9.11. The first-order chi connectivity index (χ1) is 27.1. The monoisotopic (exact) mass is 771 g/mol. The lowest BCUT2D eigenvalue weighted by molar-refractivity contribution is -0.136. The van der Waals surface area contributed by atoms with Crippen LogP contribution in [0.15, 0.2) is 47.3 Å². The van der Waals surface area contributed by atoms with E-state index in [1.165, 1.54) is 38.2 Å². The number of nitrogens with one attached hydrogen (secondary N) is 1. The van der Waals surface area contributed by atoms with E-state index in [0.717, 1.165) is 70.1 Å². The molecule has 1 saturated carbocycles. The van der Waals surface area contributed by atoms with Crippen molar-refractivity contribution < 1.29 is 18.8 Å². The molecule has 3 aromatic rings. The number of nitrogens with two attached hydrogens (primary N) is 1. The van der Waals surface area contributed by atoms with E-state index in [4.69, 9.17) is 5.73 Å². The van der Waals surface area contributed by atoms with Crippen LogP contribution in [0.4, 0.5) is 4.39 Å². The zero-order chi connectivity index (χ0) is 39.6. The number of hydrogen-bond donors (Lipinski definition) is 2. The van der Waals surface area contributed by atoms with Crippen LogP contribution in [0.25, 0.3) is 10.8 Å². The van der Waals surface area contributed by atoms with Crippen molar-refractivity contribution in [1.29, 1.82) is 0 Å². The van der Waals surface area contributed by atoms with Crippen molar-refractivity contribution in [3.63, 3.8) is 0 Å². The number of benzene rings is 2. The number of nitrogens with zero attached hydrogens (tertiary/aromatic N) is 5. The molecular formula is C44H62FN7O4. The zero-order valence-electron chi connectivity index (χ0n) is 33.5. The number of aromatic amines is 1. The van der Waals surface area contributed by atoms with E-state index in [-0.39, 0.29) is 29.0 Å². The van der Waals surface area contributed by atoms with Gasteiger partial charge in [0, 0.05) is 51.1 Å². The number of piperidine rings is 2. The van der Waals surface area contributed by atoms with E-state index in [0.29, 0.717) is 73.5 Å². The first kappa shape index (κ1) is 41.5. The Morgan fingerprint density at radius 2 is 1.41 bits per heavy atom. The normalized spacial score (nSPS) is 19.8. The average molecular weight is 772 g/mol. The summed E-state index contributed by atoms with van der Waals surface area (Å²) in [4.78, 5) is 59.7. The predicted octanol–water partition coefficient (Wildman–Crippen LogP) is 5.60. The molecule has 7 rings (SSSR count). The molecule has 3 saturated heterocycles. The smallest absolute Gasteiger partial charge is 0.272 e. The van der Waals surface area contributed by atoms with Gasteiger partial charge in [0.1, 0.15) is 5.82 Å². The van der Waals surface area contributed by atoms with Gasteiger partial charge in [0.25, 0.3) is 11.5 Å². The van der Waals surface area contributed by atoms with Gasteiger partial charge in [-0.05, 0) is 99.6 Å². The topological polar surface area (TPSA) is 136 Å². The summed E-state index contributed by atoms with van der Waals surface area (Å²) in [5.41, 5.74) is 7.50. The summed E-state index contributed by atoms with van der Waals surface area (Å²) >= 11 is 0. The minimum Gasteiger partial charge on any atom is -0.341 e. The molecule has 2 aromatic carbocycles. The number of rotatable bonds is 9. The number of aromatic nitrogens is 2. The molecule has 304 valence electrons. The van der Waals surface area contributed by atoms with Crippen LogP contribution in [-0.2, 0) is 16.0 Å². The second kappa shape index (κ2) is 19.8. The molecule has 0 bridgehead atoms. The summed E-state index contributed by atoms with van der Waals surface area (Å²) in [6.07, 6.45) is 12.9. The molecular weight excluding hydrogens is 710 g/mol. The number of hydrogen-bond acceptors (Lipinski definition) is 7. The Morgan fingerprint density at radius 3 is 2.07 bits per heavy atom. The van der Waals surface area contributed by atoms with Crippen LogP contribution in [-0.4, -0.2) is 112 Å². The highest BCUT2D eigenvalue weighted by molar-refractivity contribution is 5.95. The molecule has 3 N–H and O–H groups in total. The van der Waals surface area contributed by atoms with Gasteiger partial charge in [-0.1, -0.05) is 63.8 Å². The van der Waals surface area contributed by atoms with Gasteiger partial charge in [0.15, 0.2) is 0 Å². The molecule has 4 aliphatic rings. The third kappa shape index (κ3) is 10.4. The molecule has 1 unspecified atom stereocenters. The van der Waals surface area contributed by atoms with E-state index < -0.39 is 11.7 Å². The molecule has 3 aliphatic heterocycles. The van der Waals surface area contributed by atoms with E-state index in [2.05, 4.69) is 28.9 Å². The van der Waals surface area contributed by atoms with Crippen LogP contribution >= 0.6 is 0 Å². The lowest BCUT2D eigenvalue weighted by atomic mass is 9.81. The van der Waals surface area contributed by atoms with Crippen molar-refractivity contribution in [2.75, 3.05) is 58.9 Å². The molecule has 11 nitrogen and oxygen atoms in total. The van der Waals surface area contributed by atoms with Crippen molar-refractivity contribution in [1.82, 2.24) is 29.8 Å².